The zero-order valence-corrected chi connectivity index (χ0v) is 13.2. The first-order valence-electron chi connectivity index (χ1n) is 6.72. The number of benzene rings is 1. The lowest BCUT2D eigenvalue weighted by atomic mass is 10.2. The van der Waals surface area contributed by atoms with Crippen molar-refractivity contribution in [1.82, 2.24) is 9.55 Å². The van der Waals surface area contributed by atoms with Gasteiger partial charge in [-0.2, -0.15) is 0 Å². The smallest absolute Gasteiger partial charge is 0.237 e. The largest absolute Gasteiger partial charge is 0.333 e. The normalized spacial score (nSPS) is 18.9. The topological polar surface area (TPSA) is 72.3 Å². The lowest BCUT2D eigenvalue weighted by Crippen LogP contribution is -2.26. The van der Waals surface area contributed by atoms with E-state index in [1.54, 1.807) is 18.6 Å². The van der Waals surface area contributed by atoms with Gasteiger partial charge in [0.15, 0.2) is 0 Å². The van der Waals surface area contributed by atoms with Crippen molar-refractivity contribution in [1.29, 1.82) is 0 Å². The van der Waals surface area contributed by atoms with Gasteiger partial charge in [-0.05, 0) is 17.7 Å². The molecule has 2 aromatic rings. The van der Waals surface area contributed by atoms with Gasteiger partial charge in [0.05, 0.1) is 6.33 Å². The van der Waals surface area contributed by atoms with Crippen molar-refractivity contribution < 1.29 is 13.2 Å². The fourth-order valence-electron chi connectivity index (χ4n) is 2.53. The van der Waals surface area contributed by atoms with Crippen molar-refractivity contribution in [3.8, 4) is 0 Å². The van der Waals surface area contributed by atoms with E-state index in [1.807, 2.05) is 29.0 Å². The molecule has 1 aromatic heterocycles. The Bertz CT molecular complexity index is 789. The molecular formula is C14H14ClN3O3S. The van der Waals surface area contributed by atoms with Crippen LogP contribution in [0, 0.1) is 0 Å². The maximum atomic E-state index is 12.0. The van der Waals surface area contributed by atoms with Crippen LogP contribution < -0.4 is 4.90 Å². The quantitative estimate of drug-likeness (QED) is 0.793. The van der Waals surface area contributed by atoms with Gasteiger partial charge in [-0.3, -0.25) is 4.79 Å². The first-order valence-corrected chi connectivity index (χ1v) is 9.09. The van der Waals surface area contributed by atoms with Gasteiger partial charge in [0.2, 0.25) is 15.0 Å². The SMILES string of the molecule is O=C1CC(S(=O)(=O)Cl)CN1c1cccc(Cn2ccnc2)c1. The van der Waals surface area contributed by atoms with Crippen molar-refractivity contribution in [3.05, 3.63) is 48.5 Å². The van der Waals surface area contributed by atoms with Crippen LogP contribution in [0.25, 0.3) is 0 Å². The van der Waals surface area contributed by atoms with Gasteiger partial charge in [0, 0.05) is 48.3 Å². The van der Waals surface area contributed by atoms with E-state index in [1.165, 1.54) is 4.90 Å². The van der Waals surface area contributed by atoms with Crippen molar-refractivity contribution in [2.24, 2.45) is 0 Å². The molecule has 0 bridgehead atoms. The maximum Gasteiger partial charge on any atom is 0.237 e. The second-order valence-corrected chi connectivity index (χ2v) is 8.12. The molecule has 8 heteroatoms. The number of aromatic nitrogens is 2. The molecule has 116 valence electrons. The number of hydrogen-bond donors (Lipinski definition) is 0. The van der Waals surface area contributed by atoms with Gasteiger partial charge in [0.25, 0.3) is 0 Å². The van der Waals surface area contributed by atoms with Gasteiger partial charge < -0.3 is 9.47 Å². The summed E-state index contributed by atoms with van der Waals surface area (Å²) in [6, 6.07) is 7.46. The standard InChI is InChI=1S/C14H14ClN3O3S/c15-22(20,21)13-7-14(19)18(9-13)12-3-1-2-11(6-12)8-17-5-4-16-10-17/h1-6,10,13H,7-9H2. The molecule has 1 aromatic carbocycles. The molecule has 0 aliphatic carbocycles. The van der Waals surface area contributed by atoms with Gasteiger partial charge in [-0.15, -0.1) is 0 Å². The number of anilines is 1. The number of nitrogens with zero attached hydrogens (tertiary/aromatic N) is 3. The Balaban J connectivity index is 1.82. The summed E-state index contributed by atoms with van der Waals surface area (Å²) in [6.45, 7) is 0.728. The van der Waals surface area contributed by atoms with Crippen LogP contribution in [0.2, 0.25) is 0 Å². The predicted molar refractivity (Wildman–Crippen MR) is 83.3 cm³/mol. The van der Waals surface area contributed by atoms with E-state index in [0.29, 0.717) is 12.2 Å². The third-order valence-corrected chi connectivity index (χ3v) is 5.50. The van der Waals surface area contributed by atoms with Gasteiger partial charge in [-0.25, -0.2) is 13.4 Å². The third kappa shape index (κ3) is 3.15. The predicted octanol–water partition coefficient (Wildman–Crippen LogP) is 1.61. The monoisotopic (exact) mass is 339 g/mol. The van der Waals surface area contributed by atoms with Crippen LogP contribution in [-0.2, 0) is 20.4 Å². The van der Waals surface area contributed by atoms with Gasteiger partial charge >= 0.3 is 0 Å². The second-order valence-electron chi connectivity index (χ2n) is 5.21. The Morgan fingerprint density at radius 1 is 1.36 bits per heavy atom. The van der Waals surface area contributed by atoms with Gasteiger partial charge in [-0.1, -0.05) is 12.1 Å². The zero-order chi connectivity index (χ0) is 15.7. The van der Waals surface area contributed by atoms with Crippen molar-refractivity contribution in [2.45, 2.75) is 18.2 Å². The van der Waals surface area contributed by atoms with Crippen molar-refractivity contribution in [2.75, 3.05) is 11.4 Å². The molecule has 0 saturated carbocycles. The van der Waals surface area contributed by atoms with Crippen LogP contribution in [0.4, 0.5) is 5.69 Å². The molecule has 1 saturated heterocycles. The summed E-state index contributed by atoms with van der Waals surface area (Å²) in [6.07, 6.45) is 5.19. The molecule has 0 N–H and O–H groups in total. The van der Waals surface area contributed by atoms with Gasteiger partial charge in [0.1, 0.15) is 5.25 Å². The minimum absolute atomic E-state index is 0.0718. The fourth-order valence-corrected chi connectivity index (χ4v) is 3.55. The average Bonchev–Trinajstić information content (AvgIpc) is 3.08. The Morgan fingerprint density at radius 3 is 2.82 bits per heavy atom. The van der Waals surface area contributed by atoms with E-state index in [-0.39, 0.29) is 18.9 Å². The van der Waals surface area contributed by atoms with Crippen LogP contribution in [-0.4, -0.2) is 35.7 Å². The van der Waals surface area contributed by atoms with E-state index in [2.05, 4.69) is 4.98 Å². The minimum atomic E-state index is -3.73. The number of halogens is 1. The van der Waals surface area contributed by atoms with E-state index in [4.69, 9.17) is 10.7 Å². The number of carbonyl (C=O) groups is 1. The number of rotatable bonds is 4. The van der Waals surface area contributed by atoms with E-state index < -0.39 is 14.3 Å². The molecule has 1 atom stereocenters. The molecule has 1 fully saturated rings. The Morgan fingerprint density at radius 2 is 2.18 bits per heavy atom. The van der Waals surface area contributed by atoms with Crippen molar-refractivity contribution >= 4 is 31.3 Å². The highest BCUT2D eigenvalue weighted by atomic mass is 35.7. The highest BCUT2D eigenvalue weighted by molar-refractivity contribution is 8.14. The average molecular weight is 340 g/mol. The lowest BCUT2D eigenvalue weighted by Gasteiger charge is -2.17. The summed E-state index contributed by atoms with van der Waals surface area (Å²) in [7, 11) is 1.64. The van der Waals surface area contributed by atoms with Crippen LogP contribution in [0.1, 0.15) is 12.0 Å². The molecule has 1 amide bonds. The summed E-state index contributed by atoms with van der Waals surface area (Å²) < 4.78 is 24.7. The highest BCUT2D eigenvalue weighted by Gasteiger charge is 2.37. The fraction of sp³-hybridized carbons (Fsp3) is 0.286. The summed E-state index contributed by atoms with van der Waals surface area (Å²) in [5.74, 6) is -0.228. The van der Waals surface area contributed by atoms with Crippen LogP contribution in [0.3, 0.4) is 0 Å². The second kappa shape index (κ2) is 5.73. The molecular weight excluding hydrogens is 326 g/mol. The Kier molecular flexibility index (Phi) is 3.92. The van der Waals surface area contributed by atoms with Crippen molar-refractivity contribution in [3.63, 3.8) is 0 Å². The third-order valence-electron chi connectivity index (χ3n) is 3.63. The highest BCUT2D eigenvalue weighted by Crippen LogP contribution is 2.27. The molecule has 22 heavy (non-hydrogen) atoms. The zero-order valence-electron chi connectivity index (χ0n) is 11.6. The Hall–Kier alpha value is -1.86. The van der Waals surface area contributed by atoms with E-state index >= 15 is 0 Å². The Labute approximate surface area is 132 Å². The molecule has 1 aliphatic heterocycles. The molecule has 1 aliphatic rings. The van der Waals surface area contributed by atoms with Crippen LogP contribution in [0.15, 0.2) is 43.0 Å². The summed E-state index contributed by atoms with van der Waals surface area (Å²) in [4.78, 5) is 17.5. The maximum absolute atomic E-state index is 12.0. The lowest BCUT2D eigenvalue weighted by molar-refractivity contribution is -0.117. The van der Waals surface area contributed by atoms with Crippen LogP contribution >= 0.6 is 10.7 Å². The summed E-state index contributed by atoms with van der Waals surface area (Å²) in [5, 5.41) is -0.848. The minimum Gasteiger partial charge on any atom is -0.333 e. The van der Waals surface area contributed by atoms with E-state index in [9.17, 15) is 13.2 Å². The molecule has 0 spiro atoms. The number of amides is 1. The first kappa shape index (κ1) is 15.1. The molecule has 3 rings (SSSR count). The number of imidazole rings is 1. The molecule has 2 heterocycles. The summed E-state index contributed by atoms with van der Waals surface area (Å²) in [5.41, 5.74) is 1.69. The summed E-state index contributed by atoms with van der Waals surface area (Å²) >= 11 is 0. The number of hydrogen-bond acceptors (Lipinski definition) is 4. The number of carbonyl (C=O) groups excluding carboxylic acids is 1. The van der Waals surface area contributed by atoms with E-state index in [0.717, 1.165) is 5.56 Å². The van der Waals surface area contributed by atoms with Crippen LogP contribution in [0.5, 0.6) is 0 Å². The molecule has 1 unspecified atom stereocenters. The first-order chi connectivity index (χ1) is 10.4. The molecule has 6 nitrogen and oxygen atoms in total. The molecule has 0 radical (unpaired) electrons.